The lowest BCUT2D eigenvalue weighted by molar-refractivity contribution is -0.119. The number of ether oxygens (including phenoxy) is 1. The van der Waals surface area contributed by atoms with Gasteiger partial charge in [0.05, 0.1) is 12.5 Å². The number of imidazole rings is 1. The largest absolute Gasteiger partial charge is 0.381 e. The number of carbonyl (C=O) groups is 1. The Bertz CT molecular complexity index is 602. The van der Waals surface area contributed by atoms with Gasteiger partial charge in [0.1, 0.15) is 5.52 Å². The summed E-state index contributed by atoms with van der Waals surface area (Å²) in [5.74, 6) is 0.466. The lowest BCUT2D eigenvalue weighted by Gasteiger charge is -2.10. The second-order valence-corrected chi connectivity index (χ2v) is 4.58. The molecule has 3 rings (SSSR count). The van der Waals surface area contributed by atoms with E-state index in [1.165, 1.54) is 0 Å². The van der Waals surface area contributed by atoms with Gasteiger partial charge in [0.25, 0.3) is 0 Å². The Morgan fingerprint density at radius 3 is 3.26 bits per heavy atom. The number of aryl methyl sites for hydroxylation is 1. The molecule has 0 radical (unpaired) electrons. The number of hydrogen-bond acceptors (Lipinski definition) is 4. The smallest absolute Gasteiger partial charge is 0.232 e. The summed E-state index contributed by atoms with van der Waals surface area (Å²) in [7, 11) is 0. The van der Waals surface area contributed by atoms with E-state index in [0.29, 0.717) is 25.7 Å². The van der Waals surface area contributed by atoms with E-state index in [4.69, 9.17) is 4.74 Å². The zero-order valence-electron chi connectivity index (χ0n) is 10.8. The zero-order chi connectivity index (χ0) is 13.2. The molecule has 0 spiro atoms. The van der Waals surface area contributed by atoms with Crippen molar-refractivity contribution in [1.29, 1.82) is 0 Å². The minimum atomic E-state index is -0.0712. The predicted molar refractivity (Wildman–Crippen MR) is 70.8 cm³/mol. The highest BCUT2D eigenvalue weighted by molar-refractivity contribution is 5.92. The van der Waals surface area contributed by atoms with Crippen molar-refractivity contribution in [2.24, 2.45) is 5.92 Å². The van der Waals surface area contributed by atoms with Crippen LogP contribution in [0.5, 0.6) is 0 Å². The van der Waals surface area contributed by atoms with E-state index >= 15 is 0 Å². The van der Waals surface area contributed by atoms with Crippen molar-refractivity contribution in [1.82, 2.24) is 14.5 Å². The van der Waals surface area contributed by atoms with Crippen molar-refractivity contribution in [2.45, 2.75) is 19.9 Å². The number of amides is 1. The minimum Gasteiger partial charge on any atom is -0.381 e. The van der Waals surface area contributed by atoms with Crippen LogP contribution in [0.15, 0.2) is 18.3 Å². The summed E-state index contributed by atoms with van der Waals surface area (Å²) < 4.78 is 7.14. The second-order valence-electron chi connectivity index (χ2n) is 4.58. The first kappa shape index (κ1) is 12.1. The summed E-state index contributed by atoms with van der Waals surface area (Å²) in [6.45, 7) is 3.87. The summed E-state index contributed by atoms with van der Waals surface area (Å²) in [4.78, 5) is 20.8. The summed E-state index contributed by atoms with van der Waals surface area (Å²) in [6.07, 6.45) is 2.50. The van der Waals surface area contributed by atoms with Crippen LogP contribution in [0.4, 0.5) is 5.95 Å². The van der Waals surface area contributed by atoms with Gasteiger partial charge >= 0.3 is 0 Å². The van der Waals surface area contributed by atoms with Crippen LogP contribution in [0.2, 0.25) is 0 Å². The molecule has 1 fully saturated rings. The third kappa shape index (κ3) is 2.19. The van der Waals surface area contributed by atoms with Gasteiger partial charge in [-0.2, -0.15) is 0 Å². The first-order chi connectivity index (χ1) is 9.29. The highest BCUT2D eigenvalue weighted by atomic mass is 16.5. The normalized spacial score (nSPS) is 18.9. The summed E-state index contributed by atoms with van der Waals surface area (Å²) in [6, 6.07) is 3.73. The van der Waals surface area contributed by atoms with Crippen molar-refractivity contribution >= 4 is 23.0 Å². The Morgan fingerprint density at radius 2 is 2.53 bits per heavy atom. The van der Waals surface area contributed by atoms with Gasteiger partial charge < -0.3 is 4.74 Å². The van der Waals surface area contributed by atoms with Crippen molar-refractivity contribution in [3.8, 4) is 0 Å². The van der Waals surface area contributed by atoms with Crippen molar-refractivity contribution in [2.75, 3.05) is 18.5 Å². The van der Waals surface area contributed by atoms with E-state index in [1.54, 1.807) is 6.20 Å². The van der Waals surface area contributed by atoms with Crippen LogP contribution >= 0.6 is 0 Å². The molecule has 19 heavy (non-hydrogen) atoms. The molecule has 2 aromatic rings. The number of rotatable bonds is 3. The van der Waals surface area contributed by atoms with Crippen molar-refractivity contribution < 1.29 is 9.53 Å². The Kier molecular flexibility index (Phi) is 3.16. The monoisotopic (exact) mass is 260 g/mol. The first-order valence-corrected chi connectivity index (χ1v) is 6.49. The third-order valence-corrected chi connectivity index (χ3v) is 3.36. The molecule has 0 bridgehead atoms. The number of aromatic nitrogens is 3. The standard InChI is InChI=1S/C13H16N4O2/c1-2-17-11-10(4-3-6-14-11)15-13(17)16-12(18)9-5-7-19-8-9/h3-4,6,9H,2,5,7-8H2,1H3,(H,15,16,18)/t9-/m0/s1. The Morgan fingerprint density at radius 1 is 1.63 bits per heavy atom. The van der Waals surface area contributed by atoms with Crippen molar-refractivity contribution in [3.63, 3.8) is 0 Å². The van der Waals surface area contributed by atoms with Gasteiger partial charge in [0, 0.05) is 19.3 Å². The molecule has 1 saturated heterocycles. The maximum Gasteiger partial charge on any atom is 0.232 e. The number of pyridine rings is 1. The van der Waals surface area contributed by atoms with Crippen LogP contribution in [-0.4, -0.2) is 33.7 Å². The molecule has 100 valence electrons. The SMILES string of the molecule is CCn1c(NC(=O)[C@H]2CCOC2)nc2cccnc21. The van der Waals surface area contributed by atoms with E-state index in [9.17, 15) is 4.79 Å². The van der Waals surface area contributed by atoms with E-state index in [-0.39, 0.29) is 11.8 Å². The van der Waals surface area contributed by atoms with E-state index in [0.717, 1.165) is 17.6 Å². The molecule has 1 aliphatic rings. The molecule has 1 aliphatic heterocycles. The maximum absolute atomic E-state index is 12.1. The summed E-state index contributed by atoms with van der Waals surface area (Å²) in [5.41, 5.74) is 1.59. The second kappa shape index (κ2) is 4.97. The van der Waals surface area contributed by atoms with Crippen molar-refractivity contribution in [3.05, 3.63) is 18.3 Å². The van der Waals surface area contributed by atoms with Crippen LogP contribution in [0, 0.1) is 5.92 Å². The number of hydrogen-bond donors (Lipinski definition) is 1. The van der Waals surface area contributed by atoms with Crippen LogP contribution < -0.4 is 5.32 Å². The highest BCUT2D eigenvalue weighted by Gasteiger charge is 2.25. The molecule has 3 heterocycles. The number of fused-ring (bicyclic) bond motifs is 1. The van der Waals surface area contributed by atoms with Crippen LogP contribution in [0.25, 0.3) is 11.2 Å². The fourth-order valence-electron chi connectivity index (χ4n) is 2.31. The van der Waals surface area contributed by atoms with Crippen LogP contribution in [0.1, 0.15) is 13.3 Å². The first-order valence-electron chi connectivity index (χ1n) is 6.49. The lowest BCUT2D eigenvalue weighted by Crippen LogP contribution is -2.24. The van der Waals surface area contributed by atoms with E-state index < -0.39 is 0 Å². The summed E-state index contributed by atoms with van der Waals surface area (Å²) in [5, 5.41) is 2.89. The van der Waals surface area contributed by atoms with Gasteiger partial charge in [-0.15, -0.1) is 0 Å². The minimum absolute atomic E-state index is 0.0255. The van der Waals surface area contributed by atoms with E-state index in [1.807, 2.05) is 23.6 Å². The molecule has 6 heteroatoms. The molecule has 1 amide bonds. The molecule has 1 atom stereocenters. The van der Waals surface area contributed by atoms with Gasteiger partial charge in [-0.05, 0) is 25.5 Å². The van der Waals surface area contributed by atoms with Gasteiger partial charge in [-0.25, -0.2) is 9.97 Å². The summed E-state index contributed by atoms with van der Waals surface area (Å²) >= 11 is 0. The zero-order valence-corrected chi connectivity index (χ0v) is 10.8. The average Bonchev–Trinajstić information content (AvgIpc) is 3.05. The van der Waals surface area contributed by atoms with E-state index in [2.05, 4.69) is 15.3 Å². The quantitative estimate of drug-likeness (QED) is 0.906. The molecular formula is C13H16N4O2. The van der Waals surface area contributed by atoms with Gasteiger partial charge in [0.15, 0.2) is 5.65 Å². The molecular weight excluding hydrogens is 244 g/mol. The van der Waals surface area contributed by atoms with Crippen LogP contribution in [0.3, 0.4) is 0 Å². The molecule has 0 aromatic carbocycles. The van der Waals surface area contributed by atoms with Crippen LogP contribution in [-0.2, 0) is 16.1 Å². The molecule has 0 aliphatic carbocycles. The number of anilines is 1. The highest BCUT2D eigenvalue weighted by Crippen LogP contribution is 2.19. The topological polar surface area (TPSA) is 69.0 Å². The molecule has 2 aromatic heterocycles. The molecule has 0 unspecified atom stereocenters. The lowest BCUT2D eigenvalue weighted by atomic mass is 10.1. The van der Waals surface area contributed by atoms with Gasteiger partial charge in [0.2, 0.25) is 11.9 Å². The molecule has 6 nitrogen and oxygen atoms in total. The fraction of sp³-hybridized carbons (Fsp3) is 0.462. The Labute approximate surface area is 110 Å². The van der Waals surface area contributed by atoms with Gasteiger partial charge in [-0.1, -0.05) is 0 Å². The van der Waals surface area contributed by atoms with Gasteiger partial charge in [-0.3, -0.25) is 14.7 Å². The number of nitrogens with one attached hydrogen (secondary N) is 1. The maximum atomic E-state index is 12.1. The number of nitrogens with zero attached hydrogens (tertiary/aromatic N) is 3. The fourth-order valence-corrected chi connectivity index (χ4v) is 2.31. The Hall–Kier alpha value is -1.95. The average molecular weight is 260 g/mol. The third-order valence-electron chi connectivity index (χ3n) is 3.36. The Balaban J connectivity index is 1.89. The molecule has 1 N–H and O–H groups in total. The predicted octanol–water partition coefficient (Wildman–Crippen LogP) is 1.43. The number of carbonyl (C=O) groups excluding carboxylic acids is 1. The molecule has 0 saturated carbocycles.